The molecule has 0 saturated carbocycles. The Morgan fingerprint density at radius 1 is 0.633 bits per heavy atom. The summed E-state index contributed by atoms with van der Waals surface area (Å²) in [6.07, 6.45) is 3.42. The number of benzene rings is 5. The fourth-order valence-electron chi connectivity index (χ4n) is 9.42. The first-order valence-corrected chi connectivity index (χ1v) is 32.1. The number of aromatic nitrogens is 4. The number of amides is 5. The summed E-state index contributed by atoms with van der Waals surface area (Å²) >= 11 is 22.4. The molecule has 98 heavy (non-hydrogen) atoms. The largest absolute Gasteiger partial charge is 1.00 e. The van der Waals surface area contributed by atoms with Crippen molar-refractivity contribution in [3.05, 3.63) is 164 Å². The third kappa shape index (κ3) is 34.6. The molecule has 5 aromatic carbocycles. The summed E-state index contributed by atoms with van der Waals surface area (Å²) in [6, 6.07) is 28.3. The number of Topliss-reactive ketones (excluding diaryl/α,β-unsaturated/α-hetero) is 1. The number of carboxylic acid groups (broad SMARTS) is 1. The van der Waals surface area contributed by atoms with E-state index < -0.39 is 41.1 Å². The standard InChI is InChI=1S/C25H29ClFN5O3.C15H22ClFN2O.C10H9Cl2FO.C10H9N3O3.C6H15N.CH2O3.2K.H/c1-15(2)11-16(3)31(13-21(33)29-12-17-7-6-9-19(26)23(17)27)22(34)14-32-20-10-5-4-8-18(20)24(30-32)25(28)35;1-10(2)7-11(3)18-9-14(20)19-8-12-5-4-6-13(16)15(12)17;11-6-8(14)5-4-7-2-1-3-9(12)10(7)13;11-10(16)9-6-3-1-2-4-7(6)13(12-9)5-8(14)15;1-5(2)4-6(3)7;2-1-4-3;;;/h4-10,15-16H,11-14H2,1-3H3,(H2,28,35)(H,29,33);4-6,10-11,18H,7-9H2,1-3H3,(H,19,20);1-3H,4-6H2;1-4H,5H2,(H2,11,16)(H,14,15);5-6H,4,7H2,1-3H3;1,3H;;;/q;;;;;;2*+1;-1/p-1. The summed E-state index contributed by atoms with van der Waals surface area (Å²) in [5, 5.41) is 35.0. The maximum Gasteiger partial charge on any atom is 1.00 e. The molecule has 0 fully saturated rings. The van der Waals surface area contributed by atoms with E-state index in [9.17, 15) is 46.7 Å². The molecule has 0 radical (unpaired) electrons. The van der Waals surface area contributed by atoms with E-state index in [1.807, 2.05) is 34.6 Å². The van der Waals surface area contributed by atoms with Crippen molar-refractivity contribution in [2.75, 3.05) is 19.0 Å². The van der Waals surface area contributed by atoms with Crippen LogP contribution in [0.15, 0.2) is 103 Å². The van der Waals surface area contributed by atoms with Gasteiger partial charge in [0.05, 0.1) is 45.1 Å². The van der Waals surface area contributed by atoms with Crippen LogP contribution in [0.25, 0.3) is 21.8 Å². The first kappa shape index (κ1) is 93.1. The number of primary amides is 2. The predicted molar refractivity (Wildman–Crippen MR) is 365 cm³/mol. The van der Waals surface area contributed by atoms with Gasteiger partial charge in [0.2, 0.25) is 17.7 Å². The summed E-state index contributed by atoms with van der Waals surface area (Å²) in [7, 11) is 0. The number of carboxylic acids is 1. The summed E-state index contributed by atoms with van der Waals surface area (Å²) in [5.41, 5.74) is 18.6. The molecule has 5 amide bonds. The number of hydrogen-bond acceptors (Lipinski definition) is 14. The first-order valence-electron chi connectivity index (χ1n) is 30.4. The molecule has 0 aliphatic carbocycles. The molecule has 7 rings (SSSR count). The van der Waals surface area contributed by atoms with Crippen LogP contribution in [0.3, 0.4) is 0 Å². The van der Waals surface area contributed by atoms with Crippen LogP contribution in [0.1, 0.15) is 127 Å². The minimum atomic E-state index is -1.02. The quantitative estimate of drug-likeness (QED) is 0.0126. The minimum Gasteiger partial charge on any atom is -1.00 e. The van der Waals surface area contributed by atoms with Crippen molar-refractivity contribution < 1.29 is 171 Å². The van der Waals surface area contributed by atoms with Crippen LogP contribution in [0.5, 0.6) is 0 Å². The molecule has 22 nitrogen and oxygen atoms in total. The number of para-hydroxylation sites is 2. The third-order valence-electron chi connectivity index (χ3n) is 13.5. The number of nitrogens with two attached hydrogens (primary N) is 3. The molecule has 526 valence electrons. The Morgan fingerprint density at radius 3 is 1.43 bits per heavy atom. The van der Waals surface area contributed by atoms with Crippen molar-refractivity contribution in [1.29, 1.82) is 0 Å². The van der Waals surface area contributed by atoms with Gasteiger partial charge in [-0.15, -0.1) is 11.6 Å². The topological polar surface area (TPSA) is 342 Å². The van der Waals surface area contributed by atoms with E-state index in [-0.39, 0.29) is 230 Å². The van der Waals surface area contributed by atoms with Gasteiger partial charge < -0.3 is 54.7 Å². The van der Waals surface area contributed by atoms with Crippen LogP contribution in [0.2, 0.25) is 15.1 Å². The fraction of sp³-hybridized carbons (Fsp3) is 0.403. The smallest absolute Gasteiger partial charge is 1.00 e. The van der Waals surface area contributed by atoms with Crippen LogP contribution >= 0.6 is 46.4 Å². The van der Waals surface area contributed by atoms with Crippen molar-refractivity contribution in [1.82, 2.24) is 40.4 Å². The average Bonchev–Trinajstić information content (AvgIpc) is 1.66. The van der Waals surface area contributed by atoms with Gasteiger partial charge >= 0.3 is 109 Å². The van der Waals surface area contributed by atoms with Gasteiger partial charge in [-0.3, -0.25) is 47.7 Å². The Kier molecular flexibility index (Phi) is 47.2. The zero-order valence-corrected chi connectivity index (χ0v) is 66.3. The van der Waals surface area contributed by atoms with Gasteiger partial charge in [0.15, 0.2) is 11.4 Å². The van der Waals surface area contributed by atoms with Crippen LogP contribution < -0.4 is 141 Å². The second-order valence-corrected chi connectivity index (χ2v) is 24.7. The molecule has 0 saturated heterocycles. The van der Waals surface area contributed by atoms with Gasteiger partial charge in [-0.1, -0.05) is 149 Å². The average molecular weight is 1500 g/mol. The van der Waals surface area contributed by atoms with E-state index in [2.05, 4.69) is 58.7 Å². The van der Waals surface area contributed by atoms with Gasteiger partial charge in [0, 0.05) is 59.5 Å². The van der Waals surface area contributed by atoms with E-state index in [1.165, 1.54) is 38.5 Å². The van der Waals surface area contributed by atoms with Crippen molar-refractivity contribution in [3.63, 3.8) is 0 Å². The number of aliphatic carboxylic acids is 1. The summed E-state index contributed by atoms with van der Waals surface area (Å²) in [4.78, 5) is 94.9. The van der Waals surface area contributed by atoms with Crippen molar-refractivity contribution in [2.24, 2.45) is 35.0 Å². The molecule has 0 bridgehead atoms. The molecule has 10 N–H and O–H groups in total. The summed E-state index contributed by atoms with van der Waals surface area (Å²) in [5.74, 6) is -3.32. The summed E-state index contributed by atoms with van der Waals surface area (Å²) < 4.78 is 43.7. The first-order chi connectivity index (χ1) is 45.3. The van der Waals surface area contributed by atoms with Gasteiger partial charge in [0.1, 0.15) is 36.3 Å². The maximum absolute atomic E-state index is 14.2. The maximum atomic E-state index is 14.2. The zero-order valence-electron chi connectivity index (χ0n) is 58.0. The van der Waals surface area contributed by atoms with Crippen LogP contribution in [0.4, 0.5) is 13.2 Å². The van der Waals surface area contributed by atoms with E-state index in [4.69, 9.17) is 78.8 Å². The van der Waals surface area contributed by atoms with Gasteiger partial charge in [-0.2, -0.15) is 10.2 Å². The Hall–Kier alpha value is -4.90. The Morgan fingerprint density at radius 2 is 1.04 bits per heavy atom. The number of alkyl halides is 1. The molecular formula is C67H86Cl4F3K2N11O11. The molecule has 0 aliphatic heterocycles. The van der Waals surface area contributed by atoms with Gasteiger partial charge in [-0.05, 0) is 100 Å². The van der Waals surface area contributed by atoms with Crippen LogP contribution in [-0.2, 0) is 66.3 Å². The fourth-order valence-corrected chi connectivity index (χ4v) is 10.1. The van der Waals surface area contributed by atoms with Crippen molar-refractivity contribution in [3.8, 4) is 0 Å². The number of fused-ring (bicyclic) bond motifs is 2. The zero-order chi connectivity index (χ0) is 72.4. The Bertz CT molecular complexity index is 3680. The Balaban J connectivity index is 0. The molecule has 2 aromatic heterocycles. The third-order valence-corrected chi connectivity index (χ3v) is 14.7. The van der Waals surface area contributed by atoms with E-state index in [0.29, 0.717) is 57.7 Å². The molecule has 7 aromatic rings. The van der Waals surface area contributed by atoms with E-state index >= 15 is 0 Å². The second kappa shape index (κ2) is 49.6. The van der Waals surface area contributed by atoms with E-state index in [1.54, 1.807) is 78.9 Å². The molecule has 2 heterocycles. The molecule has 3 unspecified atom stereocenters. The second-order valence-electron chi connectivity index (χ2n) is 23.2. The molecule has 0 spiro atoms. The number of carbonyl (C=O) groups is 8. The molecular weight excluding hydrogens is 1410 g/mol. The van der Waals surface area contributed by atoms with Crippen molar-refractivity contribution >= 4 is 116 Å². The van der Waals surface area contributed by atoms with Gasteiger partial charge in [-0.25, -0.2) is 13.2 Å². The number of ketones is 1. The number of carbonyl (C=O) groups excluding carboxylic acids is 7. The number of halogens is 7. The monoisotopic (exact) mass is 1500 g/mol. The number of nitrogens with one attached hydrogen (secondary N) is 3. The van der Waals surface area contributed by atoms with E-state index in [0.717, 1.165) is 18.8 Å². The molecule has 0 aliphatic rings. The normalized spacial score (nSPS) is 11.3. The van der Waals surface area contributed by atoms with Crippen molar-refractivity contribution in [2.45, 2.75) is 139 Å². The summed E-state index contributed by atoms with van der Waals surface area (Å²) in [6.45, 7) is 18.1. The minimum absolute atomic E-state index is 0. The van der Waals surface area contributed by atoms with Crippen LogP contribution in [0, 0.1) is 35.2 Å². The molecule has 31 heteroatoms. The Labute approximate surface area is 675 Å². The molecule has 3 atom stereocenters. The van der Waals surface area contributed by atoms with Crippen LogP contribution in [-0.4, -0.2) is 114 Å². The number of rotatable bonds is 27. The SMILES string of the molecule is CC(C)CC(C)N.CC(C)CC(C)N(CC(=O)NCc1cccc(Cl)c1F)C(=O)Cn1nc(C(N)=O)c2ccccc21.CC(C)CC(C)NCC(=O)NCc1cccc(Cl)c1F.NC(=O)c1nn(CC(=O)O)c2ccccc12.O=C(CCl)CCc1cccc(Cl)c1F.O=CO[O-].[H-].[K+].[K+]. The number of hydrogen-bond donors (Lipinski definition) is 7. The van der Waals surface area contributed by atoms with Gasteiger partial charge in [0.25, 0.3) is 18.3 Å². The predicted octanol–water partition coefficient (Wildman–Crippen LogP) is 4.00. The number of aryl methyl sites for hydroxylation is 1. The number of nitrogens with zero attached hydrogens (tertiary/aromatic N) is 5.